The van der Waals surface area contributed by atoms with Gasteiger partial charge in [0, 0.05) is 31.6 Å². The van der Waals surface area contributed by atoms with Crippen LogP contribution >= 0.6 is 0 Å². The van der Waals surface area contributed by atoms with Crippen molar-refractivity contribution in [1.82, 2.24) is 20.2 Å². The Morgan fingerprint density at radius 3 is 2.84 bits per heavy atom. The van der Waals surface area contributed by atoms with E-state index in [9.17, 15) is 4.79 Å². The fourth-order valence-electron chi connectivity index (χ4n) is 1.71. The third-order valence-electron chi connectivity index (χ3n) is 2.61. The number of rotatable bonds is 8. The van der Waals surface area contributed by atoms with Gasteiger partial charge in [-0.25, -0.2) is 4.98 Å². The largest absolute Gasteiger partial charge is 0.383 e. The lowest BCUT2D eigenvalue weighted by atomic mass is 10.3. The van der Waals surface area contributed by atoms with Crippen LogP contribution in [0, 0.1) is 0 Å². The third-order valence-corrected chi connectivity index (χ3v) is 2.61. The van der Waals surface area contributed by atoms with Crippen molar-refractivity contribution < 1.29 is 9.53 Å². The maximum absolute atomic E-state index is 11.9. The molecule has 1 rings (SSSR count). The molecule has 0 bridgehead atoms. The Morgan fingerprint density at radius 2 is 2.21 bits per heavy atom. The Kier molecular flexibility index (Phi) is 6.52. The SMILES string of the molecule is COCC(C)NC(=O)Cn1ccnc1CNC(C)C. The van der Waals surface area contributed by atoms with Gasteiger partial charge in [-0.15, -0.1) is 0 Å². The molecule has 0 radical (unpaired) electrons. The Bertz CT molecular complexity index is 390. The third kappa shape index (κ3) is 5.85. The van der Waals surface area contributed by atoms with Crippen molar-refractivity contribution in [3.63, 3.8) is 0 Å². The minimum Gasteiger partial charge on any atom is -0.383 e. The van der Waals surface area contributed by atoms with Gasteiger partial charge in [-0.05, 0) is 6.92 Å². The van der Waals surface area contributed by atoms with E-state index in [0.717, 1.165) is 5.82 Å². The van der Waals surface area contributed by atoms with Crippen LogP contribution in [0.3, 0.4) is 0 Å². The van der Waals surface area contributed by atoms with Crippen molar-refractivity contribution in [3.05, 3.63) is 18.2 Å². The molecule has 1 heterocycles. The van der Waals surface area contributed by atoms with Crippen molar-refractivity contribution in [1.29, 1.82) is 0 Å². The minimum absolute atomic E-state index is 0.0123. The molecule has 0 saturated heterocycles. The van der Waals surface area contributed by atoms with Gasteiger partial charge >= 0.3 is 0 Å². The molecular weight excluding hydrogens is 244 g/mol. The second-order valence-electron chi connectivity index (χ2n) is 4.93. The highest BCUT2D eigenvalue weighted by atomic mass is 16.5. The van der Waals surface area contributed by atoms with E-state index in [1.807, 2.05) is 17.7 Å². The lowest BCUT2D eigenvalue weighted by molar-refractivity contribution is -0.122. The number of carbonyl (C=O) groups is 1. The Labute approximate surface area is 114 Å². The highest BCUT2D eigenvalue weighted by Crippen LogP contribution is 1.98. The molecule has 1 aromatic heterocycles. The van der Waals surface area contributed by atoms with Gasteiger partial charge in [0.2, 0.25) is 5.91 Å². The molecule has 1 amide bonds. The molecule has 0 saturated carbocycles. The molecule has 1 atom stereocenters. The van der Waals surface area contributed by atoms with Gasteiger partial charge in [0.25, 0.3) is 0 Å². The van der Waals surface area contributed by atoms with Crippen LogP contribution in [-0.2, 0) is 22.6 Å². The molecule has 2 N–H and O–H groups in total. The van der Waals surface area contributed by atoms with Crippen LogP contribution < -0.4 is 10.6 Å². The topological polar surface area (TPSA) is 68.2 Å². The summed E-state index contributed by atoms with van der Waals surface area (Å²) in [7, 11) is 1.62. The maximum atomic E-state index is 11.9. The summed E-state index contributed by atoms with van der Waals surface area (Å²) in [6.45, 7) is 7.52. The molecular formula is C13H24N4O2. The predicted molar refractivity (Wildman–Crippen MR) is 73.7 cm³/mol. The van der Waals surface area contributed by atoms with Crippen molar-refractivity contribution in [2.45, 2.75) is 45.9 Å². The zero-order valence-electron chi connectivity index (χ0n) is 12.1. The maximum Gasteiger partial charge on any atom is 0.240 e. The normalized spacial score (nSPS) is 12.7. The van der Waals surface area contributed by atoms with Crippen molar-refractivity contribution in [3.8, 4) is 0 Å². The van der Waals surface area contributed by atoms with Gasteiger partial charge < -0.3 is 19.9 Å². The Hall–Kier alpha value is -1.40. The van der Waals surface area contributed by atoms with Gasteiger partial charge in [-0.2, -0.15) is 0 Å². The number of hydrogen-bond acceptors (Lipinski definition) is 4. The first-order chi connectivity index (χ1) is 9.02. The van der Waals surface area contributed by atoms with E-state index in [1.54, 1.807) is 13.3 Å². The van der Waals surface area contributed by atoms with E-state index in [4.69, 9.17) is 4.74 Å². The first kappa shape index (κ1) is 15.7. The van der Waals surface area contributed by atoms with E-state index >= 15 is 0 Å². The summed E-state index contributed by atoms with van der Waals surface area (Å²) in [6, 6.07) is 0.402. The van der Waals surface area contributed by atoms with Crippen LogP contribution in [0.2, 0.25) is 0 Å². The molecule has 0 aliphatic heterocycles. The summed E-state index contributed by atoms with van der Waals surface area (Å²) in [5.41, 5.74) is 0. The molecule has 1 aromatic rings. The monoisotopic (exact) mass is 268 g/mol. The Balaban J connectivity index is 2.48. The van der Waals surface area contributed by atoms with Crippen LogP contribution in [-0.4, -0.2) is 41.3 Å². The van der Waals surface area contributed by atoms with Gasteiger partial charge in [0.15, 0.2) is 0 Å². The van der Waals surface area contributed by atoms with Crippen LogP contribution in [0.15, 0.2) is 12.4 Å². The van der Waals surface area contributed by atoms with Gasteiger partial charge in [0.05, 0.1) is 13.2 Å². The van der Waals surface area contributed by atoms with Gasteiger partial charge in [-0.3, -0.25) is 4.79 Å². The van der Waals surface area contributed by atoms with E-state index in [1.165, 1.54) is 0 Å². The highest BCUT2D eigenvalue weighted by Gasteiger charge is 2.10. The second kappa shape index (κ2) is 7.91. The highest BCUT2D eigenvalue weighted by molar-refractivity contribution is 5.76. The first-order valence-corrected chi connectivity index (χ1v) is 6.54. The van der Waals surface area contributed by atoms with Gasteiger partial charge in [-0.1, -0.05) is 13.8 Å². The standard InChI is InChI=1S/C13H24N4O2/c1-10(2)15-7-12-14-5-6-17(12)8-13(18)16-11(3)9-19-4/h5-6,10-11,15H,7-9H2,1-4H3,(H,16,18). The summed E-state index contributed by atoms with van der Waals surface area (Å²) in [4.78, 5) is 16.1. The smallest absolute Gasteiger partial charge is 0.240 e. The molecule has 6 nitrogen and oxygen atoms in total. The number of ether oxygens (including phenoxy) is 1. The Morgan fingerprint density at radius 1 is 1.47 bits per heavy atom. The number of imidazole rings is 1. The average Bonchev–Trinajstić information content (AvgIpc) is 2.73. The summed E-state index contributed by atoms with van der Waals surface area (Å²) in [6.07, 6.45) is 3.53. The molecule has 0 aromatic carbocycles. The summed E-state index contributed by atoms with van der Waals surface area (Å²) in [5.74, 6) is 0.830. The van der Waals surface area contributed by atoms with Crippen molar-refractivity contribution in [2.24, 2.45) is 0 Å². The zero-order chi connectivity index (χ0) is 14.3. The van der Waals surface area contributed by atoms with E-state index < -0.39 is 0 Å². The molecule has 0 aliphatic carbocycles. The molecule has 0 aliphatic rings. The first-order valence-electron chi connectivity index (χ1n) is 6.54. The number of nitrogens with zero attached hydrogens (tertiary/aromatic N) is 2. The number of amides is 1. The van der Waals surface area contributed by atoms with Crippen LogP contribution in [0.1, 0.15) is 26.6 Å². The summed E-state index contributed by atoms with van der Waals surface area (Å²) in [5, 5.41) is 6.17. The minimum atomic E-state index is -0.0339. The molecule has 0 spiro atoms. The lowest BCUT2D eigenvalue weighted by Gasteiger charge is -2.14. The predicted octanol–water partition coefficient (Wildman–Crippen LogP) is 0.532. The summed E-state index contributed by atoms with van der Waals surface area (Å²) < 4.78 is 6.84. The van der Waals surface area contributed by atoms with Crippen LogP contribution in [0.25, 0.3) is 0 Å². The van der Waals surface area contributed by atoms with Crippen LogP contribution in [0.5, 0.6) is 0 Å². The van der Waals surface area contributed by atoms with E-state index in [2.05, 4.69) is 29.5 Å². The molecule has 1 unspecified atom stereocenters. The van der Waals surface area contributed by atoms with Crippen molar-refractivity contribution in [2.75, 3.05) is 13.7 Å². The number of methoxy groups -OCH3 is 1. The zero-order valence-corrected chi connectivity index (χ0v) is 12.1. The molecule has 19 heavy (non-hydrogen) atoms. The lowest BCUT2D eigenvalue weighted by Crippen LogP contribution is -2.38. The summed E-state index contributed by atoms with van der Waals surface area (Å²) >= 11 is 0. The van der Waals surface area contributed by atoms with Crippen LogP contribution in [0.4, 0.5) is 0 Å². The number of carbonyl (C=O) groups excluding carboxylic acids is 1. The molecule has 0 fully saturated rings. The number of aromatic nitrogens is 2. The number of hydrogen-bond donors (Lipinski definition) is 2. The fraction of sp³-hybridized carbons (Fsp3) is 0.692. The number of nitrogens with one attached hydrogen (secondary N) is 2. The molecule has 6 heteroatoms. The van der Waals surface area contributed by atoms with Gasteiger partial charge in [0.1, 0.15) is 12.4 Å². The van der Waals surface area contributed by atoms with Crippen molar-refractivity contribution >= 4 is 5.91 Å². The quantitative estimate of drug-likeness (QED) is 0.722. The van der Waals surface area contributed by atoms with E-state index in [-0.39, 0.29) is 18.5 Å². The molecule has 108 valence electrons. The second-order valence-corrected chi connectivity index (χ2v) is 4.93. The van der Waals surface area contributed by atoms with E-state index in [0.29, 0.717) is 19.2 Å². The fourth-order valence-corrected chi connectivity index (χ4v) is 1.71. The average molecular weight is 268 g/mol.